The number of hydrogen-bond acceptors (Lipinski definition) is 7. The molecule has 0 aliphatic carbocycles. The minimum Gasteiger partial charge on any atom is -0.352 e. The van der Waals surface area contributed by atoms with E-state index in [0.717, 1.165) is 49.1 Å². The largest absolute Gasteiger partial charge is 0.352 e. The van der Waals surface area contributed by atoms with Crippen LogP contribution in [0.5, 0.6) is 0 Å². The van der Waals surface area contributed by atoms with Gasteiger partial charge in [0.2, 0.25) is 5.95 Å². The molecule has 1 fully saturated rings. The summed E-state index contributed by atoms with van der Waals surface area (Å²) in [5.74, 6) is 1.30. The fourth-order valence-corrected chi connectivity index (χ4v) is 3.28. The fourth-order valence-electron chi connectivity index (χ4n) is 3.28. The number of benzene rings is 1. The van der Waals surface area contributed by atoms with Crippen molar-refractivity contribution in [1.82, 2.24) is 25.5 Å². The molecule has 0 atom stereocenters. The van der Waals surface area contributed by atoms with Crippen molar-refractivity contribution >= 4 is 17.7 Å². The van der Waals surface area contributed by atoms with Crippen LogP contribution in [0.2, 0.25) is 0 Å². The Morgan fingerprint density at radius 2 is 1.66 bits per heavy atom. The van der Waals surface area contributed by atoms with E-state index in [0.29, 0.717) is 12.2 Å². The molecule has 1 amide bonds. The van der Waals surface area contributed by atoms with E-state index in [1.807, 2.05) is 43.3 Å². The molecule has 1 aliphatic rings. The van der Waals surface area contributed by atoms with E-state index in [1.165, 1.54) is 0 Å². The van der Waals surface area contributed by atoms with Gasteiger partial charge in [0.15, 0.2) is 11.5 Å². The third-order valence-electron chi connectivity index (χ3n) is 5.02. The Morgan fingerprint density at radius 3 is 2.34 bits per heavy atom. The second-order valence-electron chi connectivity index (χ2n) is 6.91. The summed E-state index contributed by atoms with van der Waals surface area (Å²) in [6.07, 6.45) is 3.51. The van der Waals surface area contributed by atoms with E-state index < -0.39 is 0 Å². The number of hydrogen-bond donors (Lipinski definition) is 1. The standard InChI is InChI=1S/C21H23N7O/c1-16-5-2-3-6-17(16)15-24-20(29)18-7-8-19(26-25-18)27-11-13-28(14-12-27)21-22-9-4-10-23-21/h2-10H,11-15H2,1H3,(H,24,29). The van der Waals surface area contributed by atoms with Crippen molar-refractivity contribution in [3.05, 3.63) is 71.7 Å². The summed E-state index contributed by atoms with van der Waals surface area (Å²) in [4.78, 5) is 25.3. The molecule has 29 heavy (non-hydrogen) atoms. The third-order valence-corrected chi connectivity index (χ3v) is 5.02. The van der Waals surface area contributed by atoms with E-state index in [2.05, 4.69) is 35.3 Å². The van der Waals surface area contributed by atoms with Crippen molar-refractivity contribution in [2.24, 2.45) is 0 Å². The van der Waals surface area contributed by atoms with Crippen LogP contribution >= 0.6 is 0 Å². The number of carbonyl (C=O) groups is 1. The van der Waals surface area contributed by atoms with Crippen LogP contribution in [-0.4, -0.2) is 52.3 Å². The number of amides is 1. The topological polar surface area (TPSA) is 87.1 Å². The molecule has 3 heterocycles. The highest BCUT2D eigenvalue weighted by Gasteiger charge is 2.20. The molecule has 8 nitrogen and oxygen atoms in total. The smallest absolute Gasteiger partial charge is 0.272 e. The van der Waals surface area contributed by atoms with E-state index in [9.17, 15) is 4.79 Å². The molecule has 148 valence electrons. The maximum absolute atomic E-state index is 12.4. The molecule has 1 N–H and O–H groups in total. The van der Waals surface area contributed by atoms with Gasteiger partial charge >= 0.3 is 0 Å². The van der Waals surface area contributed by atoms with E-state index >= 15 is 0 Å². The maximum atomic E-state index is 12.4. The summed E-state index contributed by atoms with van der Waals surface area (Å²) in [5.41, 5.74) is 2.55. The SMILES string of the molecule is Cc1ccccc1CNC(=O)c1ccc(N2CCN(c3ncccn3)CC2)nn1. The first kappa shape index (κ1) is 18.8. The molecule has 1 aromatic carbocycles. The molecule has 0 saturated carbocycles. The lowest BCUT2D eigenvalue weighted by Gasteiger charge is -2.35. The van der Waals surface area contributed by atoms with Gasteiger partial charge in [-0.25, -0.2) is 9.97 Å². The molecule has 8 heteroatoms. The van der Waals surface area contributed by atoms with Crippen molar-refractivity contribution in [3.63, 3.8) is 0 Å². The number of aryl methyl sites for hydroxylation is 1. The predicted molar refractivity (Wildman–Crippen MR) is 111 cm³/mol. The van der Waals surface area contributed by atoms with Crippen molar-refractivity contribution in [2.75, 3.05) is 36.0 Å². The number of nitrogens with zero attached hydrogens (tertiary/aromatic N) is 6. The average molecular weight is 389 g/mol. The zero-order valence-corrected chi connectivity index (χ0v) is 16.3. The molecular formula is C21H23N7O. The van der Waals surface area contributed by atoms with E-state index in [1.54, 1.807) is 18.5 Å². The van der Waals surface area contributed by atoms with Gasteiger partial charge in [-0.15, -0.1) is 10.2 Å². The first-order valence-electron chi connectivity index (χ1n) is 9.64. The molecule has 2 aromatic heterocycles. The Balaban J connectivity index is 1.32. The van der Waals surface area contributed by atoms with Gasteiger partial charge in [0.1, 0.15) is 0 Å². The Kier molecular flexibility index (Phi) is 5.60. The number of rotatable bonds is 5. The summed E-state index contributed by atoms with van der Waals surface area (Å²) >= 11 is 0. The number of aromatic nitrogens is 4. The number of carbonyl (C=O) groups excluding carboxylic acids is 1. The van der Waals surface area contributed by atoms with Gasteiger partial charge in [-0.2, -0.15) is 0 Å². The van der Waals surface area contributed by atoms with Gasteiger partial charge in [0.25, 0.3) is 5.91 Å². The van der Waals surface area contributed by atoms with Gasteiger partial charge in [-0.05, 0) is 36.2 Å². The molecule has 4 rings (SSSR count). The summed E-state index contributed by atoms with van der Waals surface area (Å²) in [7, 11) is 0. The lowest BCUT2D eigenvalue weighted by molar-refractivity contribution is 0.0945. The number of nitrogens with one attached hydrogen (secondary N) is 1. The van der Waals surface area contributed by atoms with Crippen LogP contribution in [0.1, 0.15) is 21.6 Å². The molecule has 0 bridgehead atoms. The van der Waals surface area contributed by atoms with Crippen molar-refractivity contribution in [1.29, 1.82) is 0 Å². The molecule has 3 aromatic rings. The first-order chi connectivity index (χ1) is 14.2. The average Bonchev–Trinajstić information content (AvgIpc) is 2.79. The van der Waals surface area contributed by atoms with Crippen LogP contribution < -0.4 is 15.1 Å². The molecule has 0 radical (unpaired) electrons. The second-order valence-corrected chi connectivity index (χ2v) is 6.91. The van der Waals surface area contributed by atoms with Crippen molar-refractivity contribution < 1.29 is 4.79 Å². The Labute approximate surface area is 169 Å². The van der Waals surface area contributed by atoms with Crippen LogP contribution in [0, 0.1) is 6.92 Å². The molecular weight excluding hydrogens is 366 g/mol. The lowest BCUT2D eigenvalue weighted by atomic mass is 10.1. The second kappa shape index (κ2) is 8.64. The summed E-state index contributed by atoms with van der Waals surface area (Å²) in [6, 6.07) is 13.4. The Hall–Kier alpha value is -3.55. The highest BCUT2D eigenvalue weighted by atomic mass is 16.1. The number of piperazine rings is 1. The van der Waals surface area contributed by atoms with Crippen molar-refractivity contribution in [3.8, 4) is 0 Å². The molecule has 1 saturated heterocycles. The van der Waals surface area contributed by atoms with Crippen LogP contribution in [0.15, 0.2) is 54.9 Å². The minimum absolute atomic E-state index is 0.224. The summed E-state index contributed by atoms with van der Waals surface area (Å²) in [6.45, 7) is 5.71. The molecule has 0 spiro atoms. The van der Waals surface area contributed by atoms with E-state index in [-0.39, 0.29) is 5.91 Å². The highest BCUT2D eigenvalue weighted by molar-refractivity contribution is 5.92. The van der Waals surface area contributed by atoms with Gasteiger partial charge in [0, 0.05) is 45.1 Å². The molecule has 0 unspecified atom stereocenters. The Morgan fingerprint density at radius 1 is 0.931 bits per heavy atom. The quantitative estimate of drug-likeness (QED) is 0.712. The van der Waals surface area contributed by atoms with Crippen LogP contribution in [0.3, 0.4) is 0 Å². The molecule has 1 aliphatic heterocycles. The summed E-state index contributed by atoms with van der Waals surface area (Å²) < 4.78 is 0. The maximum Gasteiger partial charge on any atom is 0.272 e. The van der Waals surface area contributed by atoms with Gasteiger partial charge < -0.3 is 15.1 Å². The summed E-state index contributed by atoms with van der Waals surface area (Å²) in [5, 5.41) is 11.3. The van der Waals surface area contributed by atoms with Crippen LogP contribution in [-0.2, 0) is 6.54 Å². The van der Waals surface area contributed by atoms with E-state index in [4.69, 9.17) is 0 Å². The predicted octanol–water partition coefficient (Wildman–Crippen LogP) is 1.83. The van der Waals surface area contributed by atoms with Crippen LogP contribution in [0.4, 0.5) is 11.8 Å². The third kappa shape index (κ3) is 4.48. The minimum atomic E-state index is -0.224. The van der Waals surface area contributed by atoms with Gasteiger partial charge in [-0.3, -0.25) is 4.79 Å². The number of anilines is 2. The zero-order valence-electron chi connectivity index (χ0n) is 16.3. The lowest BCUT2D eigenvalue weighted by Crippen LogP contribution is -2.47. The van der Waals surface area contributed by atoms with Gasteiger partial charge in [-0.1, -0.05) is 24.3 Å². The zero-order chi connectivity index (χ0) is 20.1. The Bertz CT molecular complexity index is 954. The van der Waals surface area contributed by atoms with Gasteiger partial charge in [0.05, 0.1) is 0 Å². The van der Waals surface area contributed by atoms with Crippen LogP contribution in [0.25, 0.3) is 0 Å². The first-order valence-corrected chi connectivity index (χ1v) is 9.64. The van der Waals surface area contributed by atoms with Crippen molar-refractivity contribution in [2.45, 2.75) is 13.5 Å². The monoisotopic (exact) mass is 389 g/mol. The normalized spacial score (nSPS) is 14.0. The fraction of sp³-hybridized carbons (Fsp3) is 0.286. The highest BCUT2D eigenvalue weighted by Crippen LogP contribution is 2.15.